The van der Waals surface area contributed by atoms with Crippen molar-refractivity contribution >= 4 is 18.2 Å². The van der Waals surface area contributed by atoms with Gasteiger partial charge >= 0.3 is 11.9 Å². The fourth-order valence-electron chi connectivity index (χ4n) is 3.12. The molecule has 0 aromatic heterocycles. The summed E-state index contributed by atoms with van der Waals surface area (Å²) in [4.78, 5) is 30.0. The van der Waals surface area contributed by atoms with Gasteiger partial charge in [0.2, 0.25) is 5.54 Å². The van der Waals surface area contributed by atoms with Crippen molar-refractivity contribution in [3.8, 4) is 0 Å². The Kier molecular flexibility index (Phi) is 7.11. The first-order valence-electron chi connectivity index (χ1n) is 9.71. The molecule has 5 nitrogen and oxygen atoms in total. The van der Waals surface area contributed by atoms with Crippen LogP contribution in [0, 0.1) is 0 Å². The number of benzene rings is 3. The van der Waals surface area contributed by atoms with Gasteiger partial charge < -0.3 is 9.47 Å². The second kappa shape index (κ2) is 10.2. The number of carbonyl (C=O) groups is 2. The zero-order valence-electron chi connectivity index (χ0n) is 16.7. The van der Waals surface area contributed by atoms with E-state index in [0.717, 1.165) is 11.8 Å². The minimum Gasteiger partial charge on any atom is -0.462 e. The number of hydrogen-bond acceptors (Lipinski definition) is 5. The van der Waals surface area contributed by atoms with E-state index in [-0.39, 0.29) is 13.2 Å². The second-order valence-electron chi connectivity index (χ2n) is 6.51. The SMILES string of the molecule is CCOC(=O)C=NC(C(=O)OCc1ccccc1)(c1ccccc1)c1ccccc1. The van der Waals surface area contributed by atoms with Gasteiger partial charge in [0.05, 0.1) is 6.61 Å². The van der Waals surface area contributed by atoms with Crippen LogP contribution in [-0.2, 0) is 31.2 Å². The summed E-state index contributed by atoms with van der Waals surface area (Å²) in [5, 5.41) is 0. The predicted octanol–water partition coefficient (Wildman–Crippen LogP) is 4.31. The van der Waals surface area contributed by atoms with Crippen molar-refractivity contribution in [2.75, 3.05) is 6.61 Å². The zero-order valence-corrected chi connectivity index (χ0v) is 16.7. The normalized spacial score (nSPS) is 11.2. The summed E-state index contributed by atoms with van der Waals surface area (Å²) >= 11 is 0. The lowest BCUT2D eigenvalue weighted by Crippen LogP contribution is -2.37. The molecule has 0 aliphatic heterocycles. The minimum atomic E-state index is -1.54. The summed E-state index contributed by atoms with van der Waals surface area (Å²) in [6.45, 7) is 2.02. The van der Waals surface area contributed by atoms with Crippen molar-refractivity contribution in [1.82, 2.24) is 0 Å². The maximum Gasteiger partial charge on any atom is 0.348 e. The Morgan fingerprint density at radius 2 is 1.30 bits per heavy atom. The zero-order chi connectivity index (χ0) is 21.2. The number of carbonyl (C=O) groups excluding carboxylic acids is 2. The predicted molar refractivity (Wildman–Crippen MR) is 115 cm³/mol. The largest absolute Gasteiger partial charge is 0.462 e. The van der Waals surface area contributed by atoms with E-state index in [0.29, 0.717) is 11.1 Å². The van der Waals surface area contributed by atoms with Crippen molar-refractivity contribution in [3.63, 3.8) is 0 Å². The van der Waals surface area contributed by atoms with Crippen LogP contribution in [0.25, 0.3) is 0 Å². The third-order valence-corrected chi connectivity index (χ3v) is 4.54. The molecule has 0 heterocycles. The molecule has 0 fully saturated rings. The van der Waals surface area contributed by atoms with Gasteiger partial charge in [-0.25, -0.2) is 9.59 Å². The van der Waals surface area contributed by atoms with Crippen LogP contribution in [0.15, 0.2) is 96.0 Å². The minimum absolute atomic E-state index is 0.0933. The van der Waals surface area contributed by atoms with Gasteiger partial charge in [0, 0.05) is 0 Å². The van der Waals surface area contributed by atoms with E-state index in [4.69, 9.17) is 9.47 Å². The first-order valence-corrected chi connectivity index (χ1v) is 9.71. The Morgan fingerprint density at radius 1 is 0.800 bits per heavy atom. The molecule has 152 valence electrons. The molecule has 3 aromatic carbocycles. The van der Waals surface area contributed by atoms with E-state index in [9.17, 15) is 9.59 Å². The van der Waals surface area contributed by atoms with E-state index in [1.54, 1.807) is 31.2 Å². The van der Waals surface area contributed by atoms with Crippen molar-refractivity contribution in [2.24, 2.45) is 4.99 Å². The first-order chi connectivity index (χ1) is 14.7. The van der Waals surface area contributed by atoms with Gasteiger partial charge in [0.15, 0.2) is 0 Å². The third kappa shape index (κ3) is 4.81. The van der Waals surface area contributed by atoms with Gasteiger partial charge in [-0.15, -0.1) is 0 Å². The lowest BCUT2D eigenvalue weighted by Gasteiger charge is -2.28. The molecule has 0 spiro atoms. The van der Waals surface area contributed by atoms with Crippen molar-refractivity contribution in [1.29, 1.82) is 0 Å². The molecule has 0 amide bonds. The standard InChI is InChI=1S/C25H23NO4/c1-2-29-23(27)18-26-25(21-14-8-4-9-15-21,22-16-10-5-11-17-22)24(28)30-19-20-12-6-3-7-13-20/h3-18H,2,19H2,1H3. The third-order valence-electron chi connectivity index (χ3n) is 4.54. The maximum absolute atomic E-state index is 13.5. The first kappa shape index (κ1) is 21.0. The Hall–Kier alpha value is -3.73. The van der Waals surface area contributed by atoms with Gasteiger partial charge in [-0.3, -0.25) is 4.99 Å². The highest BCUT2D eigenvalue weighted by Crippen LogP contribution is 2.35. The van der Waals surface area contributed by atoms with Crippen LogP contribution in [-0.4, -0.2) is 24.8 Å². The van der Waals surface area contributed by atoms with Gasteiger partial charge in [-0.1, -0.05) is 91.0 Å². The average Bonchev–Trinajstić information content (AvgIpc) is 2.80. The number of aliphatic imine (C=N–C) groups is 1. The molecule has 0 aliphatic carbocycles. The lowest BCUT2D eigenvalue weighted by atomic mass is 9.83. The molecule has 0 N–H and O–H groups in total. The number of ether oxygens (including phenoxy) is 2. The quantitative estimate of drug-likeness (QED) is 0.417. The fraction of sp³-hybridized carbons (Fsp3) is 0.160. The molecule has 30 heavy (non-hydrogen) atoms. The molecule has 3 aromatic rings. The Labute approximate surface area is 176 Å². The molecule has 0 atom stereocenters. The Balaban J connectivity index is 2.07. The van der Waals surface area contributed by atoms with Gasteiger partial charge in [-0.2, -0.15) is 0 Å². The monoisotopic (exact) mass is 401 g/mol. The van der Waals surface area contributed by atoms with Crippen LogP contribution >= 0.6 is 0 Å². The molecule has 0 bridgehead atoms. The van der Waals surface area contributed by atoms with Crippen molar-refractivity contribution in [2.45, 2.75) is 19.1 Å². The summed E-state index contributed by atoms with van der Waals surface area (Å²) in [5.41, 5.74) is 0.504. The summed E-state index contributed by atoms with van der Waals surface area (Å²) in [5.74, 6) is -1.20. The van der Waals surface area contributed by atoms with Crippen LogP contribution in [0.4, 0.5) is 0 Å². The summed E-state index contributed by atoms with van der Waals surface area (Å²) < 4.78 is 10.7. The Morgan fingerprint density at radius 3 is 1.80 bits per heavy atom. The highest BCUT2D eigenvalue weighted by molar-refractivity contribution is 6.23. The number of hydrogen-bond donors (Lipinski definition) is 0. The van der Waals surface area contributed by atoms with Crippen LogP contribution < -0.4 is 0 Å². The van der Waals surface area contributed by atoms with Crippen LogP contribution in [0.3, 0.4) is 0 Å². The van der Waals surface area contributed by atoms with Crippen molar-refractivity contribution < 1.29 is 19.1 Å². The van der Waals surface area contributed by atoms with Gasteiger partial charge in [-0.05, 0) is 23.6 Å². The average molecular weight is 401 g/mol. The van der Waals surface area contributed by atoms with E-state index in [1.807, 2.05) is 66.7 Å². The highest BCUT2D eigenvalue weighted by Gasteiger charge is 2.43. The van der Waals surface area contributed by atoms with E-state index in [1.165, 1.54) is 0 Å². The molecule has 5 heteroatoms. The highest BCUT2D eigenvalue weighted by atomic mass is 16.5. The molecular weight excluding hydrogens is 378 g/mol. The molecule has 0 unspecified atom stereocenters. The smallest absolute Gasteiger partial charge is 0.348 e. The number of nitrogens with zero attached hydrogens (tertiary/aromatic N) is 1. The fourth-order valence-corrected chi connectivity index (χ4v) is 3.12. The van der Waals surface area contributed by atoms with E-state index >= 15 is 0 Å². The topological polar surface area (TPSA) is 65.0 Å². The van der Waals surface area contributed by atoms with Gasteiger partial charge in [0.1, 0.15) is 12.8 Å². The van der Waals surface area contributed by atoms with Crippen LogP contribution in [0.5, 0.6) is 0 Å². The Bertz CT molecular complexity index is 946. The molecule has 3 rings (SSSR count). The van der Waals surface area contributed by atoms with Crippen molar-refractivity contribution in [3.05, 3.63) is 108 Å². The molecule has 0 saturated heterocycles. The number of esters is 2. The molecule has 0 aliphatic rings. The summed E-state index contributed by atoms with van der Waals surface area (Å²) in [7, 11) is 0. The second-order valence-corrected chi connectivity index (χ2v) is 6.51. The summed E-state index contributed by atoms with van der Waals surface area (Å²) in [6, 6.07) is 27.5. The van der Waals surface area contributed by atoms with Crippen LogP contribution in [0.1, 0.15) is 23.6 Å². The van der Waals surface area contributed by atoms with Gasteiger partial charge in [0.25, 0.3) is 0 Å². The molecular formula is C25H23NO4. The summed E-state index contributed by atoms with van der Waals surface area (Å²) in [6.07, 6.45) is 1.05. The van der Waals surface area contributed by atoms with Crippen LogP contribution in [0.2, 0.25) is 0 Å². The number of rotatable bonds is 8. The molecule has 0 radical (unpaired) electrons. The van der Waals surface area contributed by atoms with E-state index < -0.39 is 17.5 Å². The lowest BCUT2D eigenvalue weighted by molar-refractivity contribution is -0.150. The molecule has 0 saturated carbocycles. The van der Waals surface area contributed by atoms with E-state index in [2.05, 4.69) is 4.99 Å². The maximum atomic E-state index is 13.5.